The molecule has 0 aromatic heterocycles. The highest BCUT2D eigenvalue weighted by molar-refractivity contribution is 6.36. The summed E-state index contributed by atoms with van der Waals surface area (Å²) in [6, 6.07) is 0. The Morgan fingerprint density at radius 3 is 1.89 bits per heavy atom. The van der Waals surface area contributed by atoms with E-state index in [9.17, 15) is 9.59 Å². The van der Waals surface area contributed by atoms with Crippen LogP contribution < -0.4 is 0 Å². The maximum absolute atomic E-state index is 9.94. The average Bonchev–Trinajstić information content (AvgIpc) is 1.63. The van der Waals surface area contributed by atoms with Crippen LogP contribution in [0.5, 0.6) is 0 Å². The SMILES string of the molecule is O=C(O)/C=C(/[SiH3])C(=O)O. The van der Waals surface area contributed by atoms with Crippen LogP contribution in [0.4, 0.5) is 0 Å². The second-order valence-electron chi connectivity index (χ2n) is 1.47. The fraction of sp³-hybridized carbons (Fsp3) is 0. The Hall–Kier alpha value is -1.10. The summed E-state index contributed by atoms with van der Waals surface area (Å²) in [6.07, 6.45) is 0.703. The number of carbonyl (C=O) groups is 2. The van der Waals surface area contributed by atoms with Crippen LogP contribution >= 0.6 is 0 Å². The van der Waals surface area contributed by atoms with Crippen molar-refractivity contribution < 1.29 is 19.8 Å². The van der Waals surface area contributed by atoms with Crippen molar-refractivity contribution in [1.29, 1.82) is 0 Å². The molecule has 0 rings (SSSR count). The van der Waals surface area contributed by atoms with Crippen LogP contribution in [-0.2, 0) is 9.59 Å². The van der Waals surface area contributed by atoms with E-state index in [0.29, 0.717) is 6.08 Å². The van der Waals surface area contributed by atoms with Gasteiger partial charge in [-0.2, -0.15) is 0 Å². The third-order valence-electron chi connectivity index (χ3n) is 0.677. The van der Waals surface area contributed by atoms with Crippen LogP contribution in [0.15, 0.2) is 11.3 Å². The molecule has 0 heterocycles. The lowest BCUT2D eigenvalue weighted by Crippen LogP contribution is -2.02. The normalized spacial score (nSPS) is 11.3. The van der Waals surface area contributed by atoms with Crippen LogP contribution in [0.25, 0.3) is 0 Å². The van der Waals surface area contributed by atoms with Crippen molar-refractivity contribution in [2.75, 3.05) is 0 Å². The van der Waals surface area contributed by atoms with Gasteiger partial charge in [-0.15, -0.1) is 0 Å². The molecule has 0 spiro atoms. The number of rotatable bonds is 2. The summed E-state index contributed by atoms with van der Waals surface area (Å²) in [5.74, 6) is -2.36. The molecule has 0 aromatic rings. The molecule has 0 bridgehead atoms. The Labute approximate surface area is 54.2 Å². The first-order valence-corrected chi connectivity index (χ1v) is 3.18. The Kier molecular flexibility index (Phi) is 2.66. The van der Waals surface area contributed by atoms with Gasteiger partial charge in [0.15, 0.2) is 0 Å². The van der Waals surface area contributed by atoms with Crippen LogP contribution in [0.1, 0.15) is 0 Å². The van der Waals surface area contributed by atoms with E-state index in [1.165, 1.54) is 0 Å². The lowest BCUT2D eigenvalue weighted by Gasteiger charge is -1.86. The molecule has 9 heavy (non-hydrogen) atoms. The predicted octanol–water partition coefficient (Wildman–Crippen LogP) is -1.60. The largest absolute Gasteiger partial charge is 0.478 e. The fourth-order valence-electron chi connectivity index (χ4n) is 0.247. The van der Waals surface area contributed by atoms with Crippen molar-refractivity contribution in [1.82, 2.24) is 0 Å². The van der Waals surface area contributed by atoms with Gasteiger partial charge in [0.1, 0.15) is 0 Å². The van der Waals surface area contributed by atoms with Crippen molar-refractivity contribution in [3.05, 3.63) is 11.3 Å². The second-order valence-corrected chi connectivity index (χ2v) is 2.55. The topological polar surface area (TPSA) is 74.6 Å². The maximum atomic E-state index is 9.94. The molecule has 0 saturated heterocycles. The molecule has 0 aliphatic rings. The van der Waals surface area contributed by atoms with Gasteiger partial charge in [-0.25, -0.2) is 9.59 Å². The Bertz CT molecular complexity index is 171. The molecule has 0 fully saturated rings. The number of carboxylic acid groups (broad SMARTS) is 2. The van der Waals surface area contributed by atoms with E-state index in [0.717, 1.165) is 0 Å². The zero-order chi connectivity index (χ0) is 7.44. The number of aliphatic carboxylic acids is 2. The molecule has 50 valence electrons. The number of hydrogen-bond donors (Lipinski definition) is 2. The van der Waals surface area contributed by atoms with Gasteiger partial charge in [-0.1, -0.05) is 0 Å². The third kappa shape index (κ3) is 3.48. The van der Waals surface area contributed by atoms with Gasteiger partial charge < -0.3 is 10.2 Å². The predicted molar refractivity (Wildman–Crippen MR) is 33.3 cm³/mol. The summed E-state index contributed by atoms with van der Waals surface area (Å²) in [4.78, 5) is 19.7. The first kappa shape index (κ1) is 7.90. The summed E-state index contributed by atoms with van der Waals surface area (Å²) in [6.45, 7) is 0. The van der Waals surface area contributed by atoms with Gasteiger partial charge in [0.2, 0.25) is 0 Å². The highest BCUT2D eigenvalue weighted by Gasteiger charge is 2.00. The smallest absolute Gasteiger partial charge is 0.328 e. The quantitative estimate of drug-likeness (QED) is 0.363. The number of hydrogen-bond acceptors (Lipinski definition) is 2. The van der Waals surface area contributed by atoms with Crippen LogP contribution in [0, 0.1) is 0 Å². The minimum Gasteiger partial charge on any atom is -0.478 e. The third-order valence-corrected chi connectivity index (χ3v) is 1.39. The zero-order valence-corrected chi connectivity index (χ0v) is 6.79. The molecule has 0 unspecified atom stereocenters. The van der Waals surface area contributed by atoms with E-state index in [4.69, 9.17) is 10.2 Å². The van der Waals surface area contributed by atoms with Gasteiger partial charge in [0.25, 0.3) is 0 Å². The summed E-state index contributed by atoms with van der Waals surface area (Å²) in [7, 11) is 0.252. The molecule has 2 N–H and O–H groups in total. The molecule has 0 aliphatic carbocycles. The van der Waals surface area contributed by atoms with Crippen molar-refractivity contribution in [3.8, 4) is 0 Å². The maximum Gasteiger partial charge on any atom is 0.328 e. The summed E-state index contributed by atoms with van der Waals surface area (Å²) in [5.41, 5.74) is 0. The molecule has 4 nitrogen and oxygen atoms in total. The molecular weight excluding hydrogens is 140 g/mol. The van der Waals surface area contributed by atoms with Crippen molar-refractivity contribution in [2.45, 2.75) is 0 Å². The Balaban J connectivity index is 4.17. The molecule has 5 heteroatoms. The molecule has 0 radical (unpaired) electrons. The molecular formula is C4H6O4Si. The Morgan fingerprint density at radius 1 is 1.33 bits per heavy atom. The van der Waals surface area contributed by atoms with Crippen LogP contribution in [-0.4, -0.2) is 32.4 Å². The summed E-state index contributed by atoms with van der Waals surface area (Å²) < 4.78 is 0. The minimum atomic E-state index is -1.21. The second kappa shape index (κ2) is 3.03. The molecule has 0 amide bonds. The van der Waals surface area contributed by atoms with Crippen molar-refractivity contribution >= 4 is 22.2 Å². The van der Waals surface area contributed by atoms with Crippen LogP contribution in [0.3, 0.4) is 0 Å². The van der Waals surface area contributed by atoms with E-state index in [2.05, 4.69) is 0 Å². The van der Waals surface area contributed by atoms with Gasteiger partial charge in [-0.05, 0) is 0 Å². The van der Waals surface area contributed by atoms with E-state index >= 15 is 0 Å². The molecule has 0 aromatic carbocycles. The first-order chi connectivity index (χ1) is 4.04. The lowest BCUT2D eigenvalue weighted by molar-refractivity contribution is -0.134. The van der Waals surface area contributed by atoms with Gasteiger partial charge in [0.05, 0.1) is 0 Å². The van der Waals surface area contributed by atoms with Crippen LogP contribution in [0.2, 0.25) is 0 Å². The van der Waals surface area contributed by atoms with E-state index < -0.39 is 11.9 Å². The average molecular weight is 146 g/mol. The fourth-order valence-corrected chi connectivity index (χ4v) is 0.494. The standard InChI is InChI=1S/C4H6O4Si/c5-3(6)1-2(9)4(7)8/h1H,9H3,(H,5,6)(H,7,8)/b2-1+. The zero-order valence-electron chi connectivity index (χ0n) is 4.79. The van der Waals surface area contributed by atoms with E-state index in [1.807, 2.05) is 0 Å². The molecule has 0 saturated carbocycles. The summed E-state index contributed by atoms with van der Waals surface area (Å²) in [5, 5.41) is 16.1. The monoisotopic (exact) mass is 146 g/mol. The minimum absolute atomic E-state index is 0.0394. The Morgan fingerprint density at radius 2 is 1.78 bits per heavy atom. The number of carboxylic acids is 2. The van der Waals surface area contributed by atoms with Gasteiger partial charge >= 0.3 is 11.9 Å². The van der Waals surface area contributed by atoms with Gasteiger partial charge in [-0.3, -0.25) is 0 Å². The van der Waals surface area contributed by atoms with E-state index in [1.54, 1.807) is 0 Å². The lowest BCUT2D eigenvalue weighted by atomic mass is 10.5. The van der Waals surface area contributed by atoms with Crippen molar-refractivity contribution in [3.63, 3.8) is 0 Å². The highest BCUT2D eigenvalue weighted by atomic mass is 28.1. The van der Waals surface area contributed by atoms with E-state index in [-0.39, 0.29) is 15.4 Å². The molecule has 0 aliphatic heterocycles. The van der Waals surface area contributed by atoms with Crippen molar-refractivity contribution in [2.24, 2.45) is 0 Å². The molecule has 0 atom stereocenters. The van der Waals surface area contributed by atoms with Gasteiger partial charge in [0, 0.05) is 21.5 Å². The highest BCUT2D eigenvalue weighted by Crippen LogP contribution is 1.84. The first-order valence-electron chi connectivity index (χ1n) is 2.18. The summed E-state index contributed by atoms with van der Waals surface area (Å²) >= 11 is 0.